The average Bonchev–Trinajstić information content (AvgIpc) is 2.84. The molecule has 1 N–H and O–H groups in total. The maximum absolute atomic E-state index is 13.4. The van der Waals surface area contributed by atoms with Gasteiger partial charge in [0.05, 0.1) is 14.2 Å². The largest absolute Gasteiger partial charge is 0.497 e. The van der Waals surface area contributed by atoms with Crippen molar-refractivity contribution in [3.8, 4) is 11.5 Å². The quantitative estimate of drug-likeness (QED) is 0.435. The zero-order valence-corrected chi connectivity index (χ0v) is 18.6. The van der Waals surface area contributed by atoms with Crippen molar-refractivity contribution in [3.63, 3.8) is 0 Å². The summed E-state index contributed by atoms with van der Waals surface area (Å²) in [5.74, 6) is 1.46. The predicted molar refractivity (Wildman–Crippen MR) is 127 cm³/mol. The Morgan fingerprint density at radius 1 is 0.806 bits per heavy atom. The SMILES string of the molecule is CCN(CC)c1ccc(N[C@@H](C(=O)c2ccc(OC)cc2)c2ccc(OC)cc2)cc1. The standard InChI is InChI=1S/C26H30N2O3/c1-5-28(6-2)22-13-11-21(12-14-22)27-25(19-7-15-23(30-3)16-8-19)26(29)20-9-17-24(31-4)18-10-20/h7-18,25,27H,5-6H2,1-4H3/t25-/m1/s1. The van der Waals surface area contributed by atoms with Crippen LogP contribution in [0, 0.1) is 0 Å². The molecule has 0 radical (unpaired) electrons. The van der Waals surface area contributed by atoms with Gasteiger partial charge in [0.25, 0.3) is 0 Å². The second kappa shape index (κ2) is 10.5. The van der Waals surface area contributed by atoms with E-state index in [0.29, 0.717) is 5.56 Å². The molecular formula is C26H30N2O3. The highest BCUT2D eigenvalue weighted by Crippen LogP contribution is 2.27. The highest BCUT2D eigenvalue weighted by Gasteiger charge is 2.22. The topological polar surface area (TPSA) is 50.8 Å². The van der Waals surface area contributed by atoms with Crippen molar-refractivity contribution in [2.75, 3.05) is 37.5 Å². The van der Waals surface area contributed by atoms with Crippen LogP contribution < -0.4 is 19.7 Å². The van der Waals surface area contributed by atoms with Gasteiger partial charge in [-0.2, -0.15) is 0 Å². The third-order valence-corrected chi connectivity index (χ3v) is 5.39. The molecule has 0 heterocycles. The van der Waals surface area contributed by atoms with Crippen molar-refractivity contribution in [1.29, 1.82) is 0 Å². The van der Waals surface area contributed by atoms with Crippen LogP contribution in [0.2, 0.25) is 0 Å². The van der Waals surface area contributed by atoms with E-state index < -0.39 is 6.04 Å². The Bertz CT molecular complexity index is 963. The number of hydrogen-bond acceptors (Lipinski definition) is 5. The lowest BCUT2D eigenvalue weighted by atomic mass is 9.96. The van der Waals surface area contributed by atoms with Crippen molar-refractivity contribution in [3.05, 3.63) is 83.9 Å². The van der Waals surface area contributed by atoms with E-state index >= 15 is 0 Å². The summed E-state index contributed by atoms with van der Waals surface area (Å²) < 4.78 is 10.5. The number of carbonyl (C=O) groups excluding carboxylic acids is 1. The summed E-state index contributed by atoms with van der Waals surface area (Å²) in [5.41, 5.74) is 3.54. The van der Waals surface area contributed by atoms with Crippen molar-refractivity contribution < 1.29 is 14.3 Å². The van der Waals surface area contributed by atoms with Crippen LogP contribution in [0.4, 0.5) is 11.4 Å². The lowest BCUT2D eigenvalue weighted by molar-refractivity contribution is 0.0969. The molecule has 0 unspecified atom stereocenters. The number of Topliss-reactive ketones (excluding diaryl/α,β-unsaturated/α-hetero) is 1. The molecule has 0 saturated carbocycles. The first kappa shape index (κ1) is 22.2. The maximum Gasteiger partial charge on any atom is 0.189 e. The van der Waals surface area contributed by atoms with Crippen LogP contribution in [0.25, 0.3) is 0 Å². The first-order valence-electron chi connectivity index (χ1n) is 10.5. The molecule has 0 aliphatic carbocycles. The lowest BCUT2D eigenvalue weighted by Crippen LogP contribution is -2.22. The highest BCUT2D eigenvalue weighted by atomic mass is 16.5. The minimum atomic E-state index is -0.529. The van der Waals surface area contributed by atoms with E-state index in [1.807, 2.05) is 36.4 Å². The Balaban J connectivity index is 1.90. The Hall–Kier alpha value is -3.47. The predicted octanol–water partition coefficient (Wildman–Crippen LogP) is 5.59. The van der Waals surface area contributed by atoms with E-state index in [4.69, 9.17) is 9.47 Å². The van der Waals surface area contributed by atoms with E-state index in [2.05, 4.69) is 36.2 Å². The first-order valence-corrected chi connectivity index (χ1v) is 10.5. The molecule has 0 spiro atoms. The summed E-state index contributed by atoms with van der Waals surface area (Å²) in [7, 11) is 3.24. The highest BCUT2D eigenvalue weighted by molar-refractivity contribution is 6.02. The van der Waals surface area contributed by atoms with E-state index in [0.717, 1.165) is 41.5 Å². The number of ketones is 1. The summed E-state index contributed by atoms with van der Waals surface area (Å²) in [6.45, 7) is 6.19. The zero-order chi connectivity index (χ0) is 22.2. The van der Waals surface area contributed by atoms with Gasteiger partial charge < -0.3 is 19.7 Å². The van der Waals surface area contributed by atoms with Crippen LogP contribution >= 0.6 is 0 Å². The summed E-state index contributed by atoms with van der Waals surface area (Å²) in [6.07, 6.45) is 0. The van der Waals surface area contributed by atoms with Gasteiger partial charge in [0.1, 0.15) is 17.5 Å². The molecule has 5 heteroatoms. The number of nitrogens with one attached hydrogen (secondary N) is 1. The Morgan fingerprint density at radius 3 is 1.81 bits per heavy atom. The fraction of sp³-hybridized carbons (Fsp3) is 0.269. The molecule has 0 aliphatic rings. The second-order valence-corrected chi connectivity index (χ2v) is 7.16. The molecule has 3 rings (SSSR count). The van der Waals surface area contributed by atoms with Crippen LogP contribution in [0.15, 0.2) is 72.8 Å². The van der Waals surface area contributed by atoms with Gasteiger partial charge in [-0.15, -0.1) is 0 Å². The molecule has 0 saturated heterocycles. The minimum absolute atomic E-state index is 0.0133. The van der Waals surface area contributed by atoms with Gasteiger partial charge in [-0.25, -0.2) is 0 Å². The van der Waals surface area contributed by atoms with E-state index in [9.17, 15) is 4.79 Å². The first-order chi connectivity index (χ1) is 15.1. The van der Waals surface area contributed by atoms with Gasteiger partial charge in [0.2, 0.25) is 0 Å². The molecule has 0 bridgehead atoms. The van der Waals surface area contributed by atoms with Crippen molar-refractivity contribution in [2.24, 2.45) is 0 Å². The molecule has 0 amide bonds. The third-order valence-electron chi connectivity index (χ3n) is 5.39. The maximum atomic E-state index is 13.4. The second-order valence-electron chi connectivity index (χ2n) is 7.16. The number of ether oxygens (including phenoxy) is 2. The van der Waals surface area contributed by atoms with Crippen LogP contribution in [-0.4, -0.2) is 33.1 Å². The summed E-state index contributed by atoms with van der Waals surface area (Å²) >= 11 is 0. The molecule has 5 nitrogen and oxygen atoms in total. The fourth-order valence-corrected chi connectivity index (χ4v) is 3.54. The van der Waals surface area contributed by atoms with Crippen molar-refractivity contribution in [1.82, 2.24) is 0 Å². The molecule has 3 aromatic rings. The van der Waals surface area contributed by atoms with E-state index in [1.54, 1.807) is 38.5 Å². The molecule has 3 aromatic carbocycles. The molecule has 31 heavy (non-hydrogen) atoms. The van der Waals surface area contributed by atoms with Crippen molar-refractivity contribution in [2.45, 2.75) is 19.9 Å². The van der Waals surface area contributed by atoms with Gasteiger partial charge >= 0.3 is 0 Å². The number of nitrogens with zero attached hydrogens (tertiary/aromatic N) is 1. The average molecular weight is 419 g/mol. The third kappa shape index (κ3) is 5.37. The van der Waals surface area contributed by atoms with E-state index in [1.165, 1.54) is 0 Å². The van der Waals surface area contributed by atoms with Crippen LogP contribution in [0.1, 0.15) is 35.8 Å². The number of benzene rings is 3. The molecule has 0 aliphatic heterocycles. The Kier molecular flexibility index (Phi) is 7.55. The Morgan fingerprint density at radius 2 is 1.32 bits per heavy atom. The van der Waals surface area contributed by atoms with Gasteiger partial charge in [-0.1, -0.05) is 12.1 Å². The number of hydrogen-bond donors (Lipinski definition) is 1. The van der Waals surface area contributed by atoms with Gasteiger partial charge in [0, 0.05) is 30.0 Å². The molecular weight excluding hydrogens is 388 g/mol. The number of rotatable bonds is 10. The van der Waals surface area contributed by atoms with E-state index in [-0.39, 0.29) is 5.78 Å². The molecule has 1 atom stereocenters. The minimum Gasteiger partial charge on any atom is -0.497 e. The fourth-order valence-electron chi connectivity index (χ4n) is 3.54. The number of anilines is 2. The lowest BCUT2D eigenvalue weighted by Gasteiger charge is -2.23. The molecule has 0 aromatic heterocycles. The van der Waals surface area contributed by atoms with Crippen LogP contribution in [0.5, 0.6) is 11.5 Å². The Labute approximate surface area is 184 Å². The number of carbonyl (C=O) groups is 1. The number of methoxy groups -OCH3 is 2. The smallest absolute Gasteiger partial charge is 0.189 e. The summed E-state index contributed by atoms with van der Waals surface area (Å²) in [5, 5.41) is 3.42. The summed E-state index contributed by atoms with van der Waals surface area (Å²) in [6, 6.07) is 22.4. The normalized spacial score (nSPS) is 11.5. The molecule has 0 fully saturated rings. The monoisotopic (exact) mass is 418 g/mol. The molecule has 162 valence electrons. The van der Waals surface area contributed by atoms with Gasteiger partial charge in [0.15, 0.2) is 5.78 Å². The van der Waals surface area contributed by atoms with Crippen molar-refractivity contribution >= 4 is 17.2 Å². The van der Waals surface area contributed by atoms with Gasteiger partial charge in [-0.3, -0.25) is 4.79 Å². The summed E-state index contributed by atoms with van der Waals surface area (Å²) in [4.78, 5) is 15.7. The van der Waals surface area contributed by atoms with Crippen LogP contribution in [-0.2, 0) is 0 Å². The van der Waals surface area contributed by atoms with Crippen LogP contribution in [0.3, 0.4) is 0 Å². The van der Waals surface area contributed by atoms with Gasteiger partial charge in [-0.05, 0) is 80.1 Å². The zero-order valence-electron chi connectivity index (χ0n) is 18.6.